The lowest BCUT2D eigenvalue weighted by Crippen LogP contribution is -2.40. The van der Waals surface area contributed by atoms with Crippen LogP contribution in [0.3, 0.4) is 0 Å². The van der Waals surface area contributed by atoms with E-state index in [4.69, 9.17) is 17.0 Å². The lowest BCUT2D eigenvalue weighted by atomic mass is 9.96. The standard InChI is InChI=1S/C17H23N3OS/c1-2-12-21-16-10-8-14(9-11-16)13-18-20-17(22)19-15-6-4-3-5-7-15/h2,8-11,13,15H,1,3-7,12H2,(H2,19,20,22). The van der Waals surface area contributed by atoms with E-state index in [0.717, 1.165) is 11.3 Å². The number of hydrazone groups is 1. The molecule has 0 saturated heterocycles. The van der Waals surface area contributed by atoms with Crippen molar-refractivity contribution in [3.05, 3.63) is 42.5 Å². The second-order valence-electron chi connectivity index (χ2n) is 5.35. The summed E-state index contributed by atoms with van der Waals surface area (Å²) in [4.78, 5) is 0. The van der Waals surface area contributed by atoms with Crippen molar-refractivity contribution in [2.24, 2.45) is 5.10 Å². The van der Waals surface area contributed by atoms with Gasteiger partial charge in [0.2, 0.25) is 0 Å². The molecule has 0 aliphatic heterocycles. The lowest BCUT2D eigenvalue weighted by Gasteiger charge is -2.23. The molecule has 1 fully saturated rings. The van der Waals surface area contributed by atoms with Gasteiger partial charge in [-0.3, -0.25) is 5.43 Å². The maximum Gasteiger partial charge on any atom is 0.187 e. The molecule has 4 nitrogen and oxygen atoms in total. The Morgan fingerprint density at radius 2 is 2.00 bits per heavy atom. The number of thiocarbonyl (C=S) groups is 1. The van der Waals surface area contributed by atoms with E-state index in [1.807, 2.05) is 24.3 Å². The molecule has 1 saturated carbocycles. The molecule has 118 valence electrons. The van der Waals surface area contributed by atoms with Gasteiger partial charge < -0.3 is 10.1 Å². The van der Waals surface area contributed by atoms with Crippen LogP contribution in [0.25, 0.3) is 0 Å². The number of ether oxygens (including phenoxy) is 1. The van der Waals surface area contributed by atoms with Crippen LogP contribution in [0.1, 0.15) is 37.7 Å². The minimum Gasteiger partial charge on any atom is -0.490 e. The molecule has 22 heavy (non-hydrogen) atoms. The number of nitrogens with zero attached hydrogens (tertiary/aromatic N) is 1. The molecule has 1 aliphatic carbocycles. The first-order valence-electron chi connectivity index (χ1n) is 7.71. The Labute approximate surface area is 137 Å². The summed E-state index contributed by atoms with van der Waals surface area (Å²) < 4.78 is 5.43. The van der Waals surface area contributed by atoms with Crippen LogP contribution in [0.4, 0.5) is 0 Å². The topological polar surface area (TPSA) is 45.6 Å². The first kappa shape index (κ1) is 16.5. The predicted octanol–water partition coefficient (Wildman–Crippen LogP) is 3.38. The van der Waals surface area contributed by atoms with Gasteiger partial charge in [-0.25, -0.2) is 0 Å². The van der Waals surface area contributed by atoms with Gasteiger partial charge >= 0.3 is 0 Å². The van der Waals surface area contributed by atoms with Crippen LogP contribution in [-0.2, 0) is 0 Å². The van der Waals surface area contributed by atoms with Gasteiger partial charge in [0.25, 0.3) is 0 Å². The molecule has 0 amide bonds. The highest BCUT2D eigenvalue weighted by molar-refractivity contribution is 7.80. The van der Waals surface area contributed by atoms with Gasteiger partial charge in [0.05, 0.1) is 6.21 Å². The fourth-order valence-electron chi connectivity index (χ4n) is 2.44. The van der Waals surface area contributed by atoms with Crippen molar-refractivity contribution in [3.8, 4) is 5.75 Å². The summed E-state index contributed by atoms with van der Waals surface area (Å²) in [6.07, 6.45) is 9.75. The maximum atomic E-state index is 5.43. The summed E-state index contributed by atoms with van der Waals surface area (Å²) in [5.74, 6) is 0.819. The Morgan fingerprint density at radius 1 is 1.27 bits per heavy atom. The van der Waals surface area contributed by atoms with Crippen LogP contribution < -0.4 is 15.5 Å². The minimum atomic E-state index is 0.491. The number of nitrogens with one attached hydrogen (secondary N) is 2. The van der Waals surface area contributed by atoms with Gasteiger partial charge in [-0.2, -0.15) is 5.10 Å². The third kappa shape index (κ3) is 5.85. The molecular weight excluding hydrogens is 294 g/mol. The largest absolute Gasteiger partial charge is 0.490 e. The van der Waals surface area contributed by atoms with Gasteiger partial charge in [0, 0.05) is 6.04 Å². The minimum absolute atomic E-state index is 0.491. The molecule has 2 N–H and O–H groups in total. The normalized spacial score (nSPS) is 15.5. The molecular formula is C17H23N3OS. The first-order valence-corrected chi connectivity index (χ1v) is 8.12. The summed E-state index contributed by atoms with van der Waals surface area (Å²) in [5, 5.41) is 8.07. The van der Waals surface area contributed by atoms with Crippen LogP contribution in [0.2, 0.25) is 0 Å². The summed E-state index contributed by atoms with van der Waals surface area (Å²) >= 11 is 5.25. The molecule has 1 aliphatic rings. The highest BCUT2D eigenvalue weighted by Crippen LogP contribution is 2.17. The van der Waals surface area contributed by atoms with E-state index in [0.29, 0.717) is 17.8 Å². The van der Waals surface area contributed by atoms with E-state index < -0.39 is 0 Å². The average Bonchev–Trinajstić information content (AvgIpc) is 2.55. The van der Waals surface area contributed by atoms with Crippen LogP contribution in [0.5, 0.6) is 5.75 Å². The Bertz CT molecular complexity index is 507. The first-order chi connectivity index (χ1) is 10.8. The van der Waals surface area contributed by atoms with E-state index in [1.54, 1.807) is 12.3 Å². The summed E-state index contributed by atoms with van der Waals surface area (Å²) in [5.41, 5.74) is 3.86. The quantitative estimate of drug-likeness (QED) is 0.365. The summed E-state index contributed by atoms with van der Waals surface area (Å²) in [7, 11) is 0. The molecule has 0 radical (unpaired) electrons. The summed E-state index contributed by atoms with van der Waals surface area (Å²) in [6.45, 7) is 4.13. The molecule has 2 rings (SSSR count). The molecule has 1 aromatic rings. The van der Waals surface area contributed by atoms with Crippen molar-refractivity contribution in [2.75, 3.05) is 6.61 Å². The Kier molecular flexibility index (Phi) is 6.90. The molecule has 0 atom stereocenters. The second kappa shape index (κ2) is 9.20. The molecule has 5 heteroatoms. The second-order valence-corrected chi connectivity index (χ2v) is 5.76. The van der Waals surface area contributed by atoms with Gasteiger partial charge in [0.1, 0.15) is 12.4 Å². The third-order valence-electron chi connectivity index (χ3n) is 3.57. The van der Waals surface area contributed by atoms with Crippen LogP contribution in [0, 0.1) is 0 Å². The van der Waals surface area contributed by atoms with Gasteiger partial charge in [0.15, 0.2) is 5.11 Å². The zero-order chi connectivity index (χ0) is 15.6. The fraction of sp³-hybridized carbons (Fsp3) is 0.412. The van der Waals surface area contributed by atoms with E-state index >= 15 is 0 Å². The Morgan fingerprint density at radius 3 is 2.68 bits per heavy atom. The van der Waals surface area contributed by atoms with Crippen molar-refractivity contribution in [3.63, 3.8) is 0 Å². The van der Waals surface area contributed by atoms with Crippen LogP contribution in [0.15, 0.2) is 42.0 Å². The molecule has 0 heterocycles. The van der Waals surface area contributed by atoms with Crippen molar-refractivity contribution < 1.29 is 4.74 Å². The van der Waals surface area contributed by atoms with Crippen LogP contribution in [-0.4, -0.2) is 24.0 Å². The number of rotatable bonds is 6. The van der Waals surface area contributed by atoms with E-state index in [9.17, 15) is 0 Å². The van der Waals surface area contributed by atoms with Crippen molar-refractivity contribution in [1.29, 1.82) is 0 Å². The van der Waals surface area contributed by atoms with Gasteiger partial charge in [-0.05, 0) is 54.9 Å². The molecule has 0 aromatic heterocycles. The fourth-order valence-corrected chi connectivity index (χ4v) is 2.65. The summed E-state index contributed by atoms with van der Waals surface area (Å²) in [6, 6.07) is 8.19. The zero-order valence-corrected chi connectivity index (χ0v) is 13.6. The number of benzene rings is 1. The maximum absolute atomic E-state index is 5.43. The highest BCUT2D eigenvalue weighted by atomic mass is 32.1. The van der Waals surface area contributed by atoms with Crippen molar-refractivity contribution >= 4 is 23.5 Å². The molecule has 0 spiro atoms. The monoisotopic (exact) mass is 317 g/mol. The lowest BCUT2D eigenvalue weighted by molar-refractivity contribution is 0.363. The van der Waals surface area contributed by atoms with Crippen LogP contribution >= 0.6 is 12.2 Å². The molecule has 0 unspecified atom stereocenters. The average molecular weight is 317 g/mol. The van der Waals surface area contributed by atoms with Crippen molar-refractivity contribution in [1.82, 2.24) is 10.7 Å². The van der Waals surface area contributed by atoms with Gasteiger partial charge in [-0.1, -0.05) is 31.9 Å². The molecule has 0 bridgehead atoms. The van der Waals surface area contributed by atoms with E-state index in [1.165, 1.54) is 32.1 Å². The Balaban J connectivity index is 1.74. The number of hydrogen-bond donors (Lipinski definition) is 2. The van der Waals surface area contributed by atoms with E-state index in [-0.39, 0.29) is 0 Å². The highest BCUT2D eigenvalue weighted by Gasteiger charge is 2.13. The smallest absolute Gasteiger partial charge is 0.187 e. The third-order valence-corrected chi connectivity index (χ3v) is 3.78. The van der Waals surface area contributed by atoms with E-state index in [2.05, 4.69) is 22.4 Å². The predicted molar refractivity (Wildman–Crippen MR) is 95.5 cm³/mol. The van der Waals surface area contributed by atoms with Gasteiger partial charge in [-0.15, -0.1) is 0 Å². The SMILES string of the molecule is C=CCOc1ccc(C=NNC(=S)NC2CCCCC2)cc1. The molecule has 1 aromatic carbocycles. The van der Waals surface area contributed by atoms with Crippen molar-refractivity contribution in [2.45, 2.75) is 38.1 Å². The Hall–Kier alpha value is -1.88. The number of hydrogen-bond acceptors (Lipinski definition) is 3. The zero-order valence-electron chi connectivity index (χ0n) is 12.8.